The van der Waals surface area contributed by atoms with E-state index in [1.807, 2.05) is 0 Å². The van der Waals surface area contributed by atoms with E-state index >= 15 is 0 Å². The van der Waals surface area contributed by atoms with Gasteiger partial charge < -0.3 is 11.2 Å². The molecule has 0 amide bonds. The van der Waals surface area contributed by atoms with E-state index in [2.05, 4.69) is 4.98 Å². The normalized spacial score (nSPS) is 8.75. The van der Waals surface area contributed by atoms with Crippen molar-refractivity contribution in [3.05, 3.63) is 27.9 Å². The summed E-state index contributed by atoms with van der Waals surface area (Å²) < 4.78 is 0. The molecule has 0 aliphatic rings. The highest BCUT2D eigenvalue weighted by Crippen LogP contribution is 2.16. The first-order valence-electron chi connectivity index (χ1n) is 2.98. The van der Waals surface area contributed by atoms with Crippen LogP contribution in [-0.4, -0.2) is 15.4 Å². The maximum Gasteiger partial charge on any atom is 0.290 e. The van der Waals surface area contributed by atoms with Crippen molar-refractivity contribution in [2.45, 2.75) is 6.92 Å². The van der Waals surface area contributed by atoms with Crippen molar-refractivity contribution in [1.29, 1.82) is 0 Å². The molecule has 0 unspecified atom stereocenters. The number of hydrogen-bond acceptors (Lipinski definition) is 4. The Morgan fingerprint density at radius 3 is 2.67 bits per heavy atom. The Balaban J connectivity index is 0.00000121. The number of aromatic nitrogens is 1. The quantitative estimate of drug-likeness (QED) is 0.475. The zero-order chi connectivity index (χ0) is 8.43. The number of anilines is 1. The zero-order valence-electron chi connectivity index (χ0n) is 6.44. The Kier molecular flexibility index (Phi) is 3.12. The van der Waals surface area contributed by atoms with Crippen LogP contribution < -0.4 is 5.73 Å². The molecule has 1 rings (SSSR count). The minimum Gasteiger partial charge on any atom is -0.412 e. The van der Waals surface area contributed by atoms with Gasteiger partial charge in [0.1, 0.15) is 12.0 Å². The lowest BCUT2D eigenvalue weighted by Gasteiger charge is -1.95. The summed E-state index contributed by atoms with van der Waals surface area (Å²) in [7, 11) is 0. The second-order valence-electron chi connectivity index (χ2n) is 2.15. The first-order valence-corrected chi connectivity index (χ1v) is 2.98. The van der Waals surface area contributed by atoms with Crippen LogP contribution in [0.5, 0.6) is 0 Å². The van der Waals surface area contributed by atoms with Crippen LogP contribution in [0.2, 0.25) is 0 Å². The maximum atomic E-state index is 10.3. The largest absolute Gasteiger partial charge is 0.412 e. The highest BCUT2D eigenvalue weighted by atomic mass is 16.6. The van der Waals surface area contributed by atoms with E-state index in [9.17, 15) is 10.1 Å². The van der Waals surface area contributed by atoms with Crippen molar-refractivity contribution in [2.75, 3.05) is 5.73 Å². The molecule has 6 nitrogen and oxygen atoms in total. The fourth-order valence-corrected chi connectivity index (χ4v) is 0.762. The van der Waals surface area contributed by atoms with E-state index in [0.717, 1.165) is 6.20 Å². The van der Waals surface area contributed by atoms with Crippen molar-refractivity contribution in [3.8, 4) is 0 Å². The fourth-order valence-electron chi connectivity index (χ4n) is 0.762. The molecule has 0 aromatic carbocycles. The molecule has 0 fully saturated rings. The van der Waals surface area contributed by atoms with Gasteiger partial charge in [-0.25, -0.2) is 4.98 Å². The molecule has 1 heterocycles. The summed E-state index contributed by atoms with van der Waals surface area (Å²) in [4.78, 5) is 13.4. The van der Waals surface area contributed by atoms with Gasteiger partial charge in [0.15, 0.2) is 0 Å². The average molecular weight is 171 g/mol. The number of nitro groups is 1. The summed E-state index contributed by atoms with van der Waals surface area (Å²) in [5.74, 6) is 0.299. The Morgan fingerprint density at radius 2 is 2.25 bits per heavy atom. The highest BCUT2D eigenvalue weighted by molar-refractivity contribution is 5.43. The molecule has 0 aliphatic heterocycles. The molecule has 0 atom stereocenters. The molecule has 1 aromatic heterocycles. The van der Waals surface area contributed by atoms with E-state index in [1.54, 1.807) is 6.92 Å². The molecule has 0 saturated carbocycles. The van der Waals surface area contributed by atoms with Gasteiger partial charge in [-0.2, -0.15) is 0 Å². The van der Waals surface area contributed by atoms with Gasteiger partial charge in [0, 0.05) is 5.56 Å². The smallest absolute Gasteiger partial charge is 0.290 e. The molecule has 0 radical (unpaired) electrons. The van der Waals surface area contributed by atoms with Gasteiger partial charge in [-0.05, 0) is 13.0 Å². The van der Waals surface area contributed by atoms with Gasteiger partial charge >= 0.3 is 0 Å². The lowest BCUT2D eigenvalue weighted by atomic mass is 10.2. The van der Waals surface area contributed by atoms with Crippen molar-refractivity contribution >= 4 is 11.5 Å². The van der Waals surface area contributed by atoms with Crippen LogP contribution in [-0.2, 0) is 0 Å². The molecular weight excluding hydrogens is 162 g/mol. The maximum absolute atomic E-state index is 10.3. The summed E-state index contributed by atoms with van der Waals surface area (Å²) in [6.07, 6.45) is 1.16. The summed E-state index contributed by atoms with van der Waals surface area (Å²) in [6, 6.07) is 1.47. The van der Waals surface area contributed by atoms with Gasteiger partial charge in [0.25, 0.3) is 5.69 Å². The van der Waals surface area contributed by atoms with Crippen molar-refractivity contribution in [2.24, 2.45) is 0 Å². The first kappa shape index (κ1) is 10.3. The number of aryl methyl sites for hydroxylation is 1. The van der Waals surface area contributed by atoms with Crippen molar-refractivity contribution in [3.63, 3.8) is 0 Å². The van der Waals surface area contributed by atoms with Gasteiger partial charge in [-0.3, -0.25) is 10.1 Å². The van der Waals surface area contributed by atoms with Crippen LogP contribution in [0.3, 0.4) is 0 Å². The van der Waals surface area contributed by atoms with Crippen LogP contribution in [0.1, 0.15) is 5.56 Å². The predicted molar refractivity (Wildman–Crippen MR) is 43.7 cm³/mol. The lowest BCUT2D eigenvalue weighted by Crippen LogP contribution is -1.96. The third-order valence-corrected chi connectivity index (χ3v) is 1.30. The number of rotatable bonds is 1. The molecule has 4 N–H and O–H groups in total. The van der Waals surface area contributed by atoms with Gasteiger partial charge in [-0.15, -0.1) is 0 Å². The Hall–Kier alpha value is -1.69. The molecular formula is C6H9N3O3. The number of nitrogen functional groups attached to an aromatic ring is 1. The summed E-state index contributed by atoms with van der Waals surface area (Å²) in [5, 5.41) is 10.3. The molecule has 0 bridgehead atoms. The third-order valence-electron chi connectivity index (χ3n) is 1.30. The molecule has 0 spiro atoms. The standard InChI is InChI=1S/C6H7N3O2.H2O/c1-4-2-6(7)8-3-5(4)9(10)11;/h2-3H,1H3,(H2,7,8);1H2. The molecule has 66 valence electrons. The summed E-state index contributed by atoms with van der Waals surface area (Å²) >= 11 is 0. The summed E-state index contributed by atoms with van der Waals surface area (Å²) in [6.45, 7) is 1.62. The van der Waals surface area contributed by atoms with E-state index in [0.29, 0.717) is 11.4 Å². The number of nitrogens with two attached hydrogens (primary N) is 1. The summed E-state index contributed by atoms with van der Waals surface area (Å²) in [5.41, 5.74) is 5.82. The Morgan fingerprint density at radius 1 is 1.67 bits per heavy atom. The minimum absolute atomic E-state index is 0. The SMILES string of the molecule is Cc1cc(N)ncc1[N+](=O)[O-].O. The molecule has 0 aliphatic carbocycles. The second-order valence-corrected chi connectivity index (χ2v) is 2.15. The Labute approximate surface area is 68.5 Å². The van der Waals surface area contributed by atoms with Gasteiger partial charge in [-0.1, -0.05) is 0 Å². The van der Waals surface area contributed by atoms with Gasteiger partial charge in [0.2, 0.25) is 0 Å². The van der Waals surface area contributed by atoms with Crippen LogP contribution in [0, 0.1) is 17.0 Å². The Bertz CT molecular complexity index is 300. The van der Waals surface area contributed by atoms with E-state index in [-0.39, 0.29) is 11.2 Å². The molecule has 0 saturated heterocycles. The second kappa shape index (κ2) is 3.63. The van der Waals surface area contributed by atoms with E-state index < -0.39 is 4.92 Å². The number of pyridine rings is 1. The zero-order valence-corrected chi connectivity index (χ0v) is 6.44. The minimum atomic E-state index is -0.484. The first-order chi connectivity index (χ1) is 5.11. The fraction of sp³-hybridized carbons (Fsp3) is 0.167. The molecule has 1 aromatic rings. The van der Waals surface area contributed by atoms with Gasteiger partial charge in [0.05, 0.1) is 4.92 Å². The average Bonchev–Trinajstić information content (AvgIpc) is 1.85. The third kappa shape index (κ3) is 1.89. The molecule has 12 heavy (non-hydrogen) atoms. The van der Waals surface area contributed by atoms with Crippen LogP contribution in [0.25, 0.3) is 0 Å². The predicted octanol–water partition coefficient (Wildman–Crippen LogP) is 0.0557. The van der Waals surface area contributed by atoms with Crippen LogP contribution in [0.4, 0.5) is 11.5 Å². The molecule has 6 heteroatoms. The van der Waals surface area contributed by atoms with Crippen molar-refractivity contribution in [1.82, 2.24) is 4.98 Å². The van der Waals surface area contributed by atoms with E-state index in [1.165, 1.54) is 6.07 Å². The topological polar surface area (TPSA) is 114 Å². The van der Waals surface area contributed by atoms with Crippen LogP contribution >= 0.6 is 0 Å². The number of nitrogens with zero attached hydrogens (tertiary/aromatic N) is 2. The lowest BCUT2D eigenvalue weighted by molar-refractivity contribution is -0.385. The van der Waals surface area contributed by atoms with Crippen LogP contribution in [0.15, 0.2) is 12.3 Å². The number of hydrogen-bond donors (Lipinski definition) is 1. The monoisotopic (exact) mass is 171 g/mol. The highest BCUT2D eigenvalue weighted by Gasteiger charge is 2.09. The van der Waals surface area contributed by atoms with E-state index in [4.69, 9.17) is 5.73 Å². The van der Waals surface area contributed by atoms with Crippen molar-refractivity contribution < 1.29 is 10.4 Å².